The van der Waals surface area contributed by atoms with Gasteiger partial charge in [0.15, 0.2) is 5.16 Å². The summed E-state index contributed by atoms with van der Waals surface area (Å²) in [4.78, 5) is 14.8. The third-order valence-corrected chi connectivity index (χ3v) is 6.29. The second kappa shape index (κ2) is 8.37. The molecule has 0 saturated carbocycles. The molecule has 1 aliphatic rings. The highest BCUT2D eigenvalue weighted by Gasteiger charge is 2.26. The summed E-state index contributed by atoms with van der Waals surface area (Å²) in [6.45, 7) is 0. The first-order valence-electron chi connectivity index (χ1n) is 9.25. The van der Waals surface area contributed by atoms with E-state index in [9.17, 15) is 4.79 Å². The molecule has 4 rings (SSSR count). The summed E-state index contributed by atoms with van der Waals surface area (Å²) in [5, 5.41) is 9.48. The molecule has 0 bridgehead atoms. The van der Waals surface area contributed by atoms with Crippen LogP contribution in [0, 0.1) is 0 Å². The molecule has 7 heteroatoms. The first-order valence-corrected chi connectivity index (χ1v) is 10.6. The van der Waals surface area contributed by atoms with Crippen LogP contribution < -0.4 is 0 Å². The Morgan fingerprint density at radius 1 is 1.29 bits per heavy atom. The summed E-state index contributed by atoms with van der Waals surface area (Å²) in [7, 11) is 1.90. The molecule has 1 aliphatic carbocycles. The van der Waals surface area contributed by atoms with E-state index in [0.717, 1.165) is 24.9 Å². The van der Waals surface area contributed by atoms with Crippen LogP contribution in [-0.2, 0) is 11.2 Å². The van der Waals surface area contributed by atoms with Gasteiger partial charge in [-0.15, -0.1) is 10.2 Å². The molecule has 28 heavy (non-hydrogen) atoms. The maximum absolute atomic E-state index is 12.9. The lowest BCUT2D eigenvalue weighted by Crippen LogP contribution is -2.34. The Bertz CT molecular complexity index is 990. The number of nitrogens with zero attached hydrogens (tertiary/aromatic N) is 4. The maximum atomic E-state index is 12.9. The van der Waals surface area contributed by atoms with E-state index < -0.39 is 0 Å². The molecule has 1 amide bonds. The molecule has 0 aliphatic heterocycles. The molecule has 1 unspecified atom stereocenters. The topological polar surface area (TPSA) is 51.0 Å². The summed E-state index contributed by atoms with van der Waals surface area (Å²) >= 11 is 7.48. The van der Waals surface area contributed by atoms with Gasteiger partial charge in [-0.05, 0) is 48.6 Å². The molecule has 1 heterocycles. The van der Waals surface area contributed by atoms with Crippen molar-refractivity contribution in [1.82, 2.24) is 19.7 Å². The van der Waals surface area contributed by atoms with Gasteiger partial charge in [0.2, 0.25) is 5.91 Å². The van der Waals surface area contributed by atoms with Crippen molar-refractivity contribution >= 4 is 29.3 Å². The zero-order valence-corrected chi connectivity index (χ0v) is 17.2. The highest BCUT2D eigenvalue weighted by Crippen LogP contribution is 2.34. The average Bonchev–Trinajstić information content (AvgIpc) is 3.19. The van der Waals surface area contributed by atoms with Gasteiger partial charge in [0.25, 0.3) is 0 Å². The van der Waals surface area contributed by atoms with E-state index in [-0.39, 0.29) is 11.9 Å². The predicted octanol–water partition coefficient (Wildman–Crippen LogP) is 4.55. The largest absolute Gasteiger partial charge is 0.338 e. The Kier molecular flexibility index (Phi) is 5.69. The van der Waals surface area contributed by atoms with Crippen molar-refractivity contribution in [3.8, 4) is 5.69 Å². The Balaban J connectivity index is 1.45. The van der Waals surface area contributed by atoms with Gasteiger partial charge in [-0.25, -0.2) is 0 Å². The molecule has 0 radical (unpaired) electrons. The molecule has 0 spiro atoms. The van der Waals surface area contributed by atoms with Crippen molar-refractivity contribution in [1.29, 1.82) is 0 Å². The first kappa shape index (κ1) is 19.0. The SMILES string of the molecule is CN(C(=O)CSc1nncn1-c1cccc(Cl)c1)C1CCCc2ccccc21. The lowest BCUT2D eigenvalue weighted by Gasteiger charge is -2.33. The third-order valence-electron chi connectivity index (χ3n) is 5.13. The Morgan fingerprint density at radius 3 is 3.00 bits per heavy atom. The fraction of sp³-hybridized carbons (Fsp3) is 0.286. The first-order chi connectivity index (χ1) is 13.6. The fourth-order valence-electron chi connectivity index (χ4n) is 3.66. The quantitative estimate of drug-likeness (QED) is 0.577. The number of benzene rings is 2. The van der Waals surface area contributed by atoms with Crippen molar-refractivity contribution in [3.63, 3.8) is 0 Å². The minimum absolute atomic E-state index is 0.0901. The molecular formula is C21H21ClN4OS. The molecule has 0 N–H and O–H groups in total. The predicted molar refractivity (Wildman–Crippen MR) is 112 cm³/mol. The lowest BCUT2D eigenvalue weighted by molar-refractivity contribution is -0.129. The van der Waals surface area contributed by atoms with Crippen LogP contribution in [0.25, 0.3) is 5.69 Å². The number of thioether (sulfide) groups is 1. The molecule has 1 atom stereocenters. The van der Waals surface area contributed by atoms with E-state index in [1.807, 2.05) is 40.8 Å². The number of carbonyl (C=O) groups excluding carboxylic acids is 1. The van der Waals surface area contributed by atoms with Crippen molar-refractivity contribution < 1.29 is 4.79 Å². The number of carbonyl (C=O) groups is 1. The minimum atomic E-state index is 0.0901. The third kappa shape index (κ3) is 3.93. The molecule has 3 aromatic rings. The van der Waals surface area contributed by atoms with Crippen LogP contribution >= 0.6 is 23.4 Å². The van der Waals surface area contributed by atoms with Crippen LogP contribution in [-0.4, -0.2) is 38.4 Å². The van der Waals surface area contributed by atoms with Crippen LogP contribution in [0.2, 0.25) is 5.02 Å². The summed E-state index contributed by atoms with van der Waals surface area (Å²) < 4.78 is 1.85. The molecule has 2 aromatic carbocycles. The Labute approximate surface area is 173 Å². The van der Waals surface area contributed by atoms with Crippen LogP contribution in [0.5, 0.6) is 0 Å². The van der Waals surface area contributed by atoms with Crippen LogP contribution in [0.15, 0.2) is 60.0 Å². The average molecular weight is 413 g/mol. The molecule has 0 fully saturated rings. The summed E-state index contributed by atoms with van der Waals surface area (Å²) in [5.41, 5.74) is 3.51. The molecule has 144 valence electrons. The number of hydrogen-bond acceptors (Lipinski definition) is 4. The standard InChI is InChI=1S/C21H21ClN4OS/c1-25(19-11-4-7-15-6-2-3-10-18(15)19)20(27)13-28-21-24-23-14-26(21)17-9-5-8-16(22)12-17/h2-3,5-6,8-10,12,14,19H,4,7,11,13H2,1H3. The summed E-state index contributed by atoms with van der Waals surface area (Å²) in [6, 6.07) is 16.1. The number of rotatable bonds is 5. The van der Waals surface area contributed by atoms with Gasteiger partial charge in [0.1, 0.15) is 6.33 Å². The number of fused-ring (bicyclic) bond motifs is 1. The van der Waals surface area contributed by atoms with Crippen LogP contribution in [0.3, 0.4) is 0 Å². The summed E-state index contributed by atoms with van der Waals surface area (Å²) in [6.07, 6.45) is 4.84. The zero-order valence-electron chi connectivity index (χ0n) is 15.6. The zero-order chi connectivity index (χ0) is 19.5. The lowest BCUT2D eigenvalue weighted by atomic mass is 9.87. The molecular weight excluding hydrogens is 392 g/mol. The van der Waals surface area contributed by atoms with Crippen molar-refractivity contribution in [3.05, 3.63) is 71.0 Å². The van der Waals surface area contributed by atoms with Gasteiger partial charge in [-0.1, -0.05) is 53.7 Å². The van der Waals surface area contributed by atoms with Crippen LogP contribution in [0.1, 0.15) is 30.0 Å². The molecule has 5 nitrogen and oxygen atoms in total. The molecule has 1 aromatic heterocycles. The van der Waals surface area contributed by atoms with E-state index in [1.165, 1.54) is 22.9 Å². The van der Waals surface area contributed by atoms with Gasteiger partial charge in [-0.2, -0.15) is 0 Å². The monoisotopic (exact) mass is 412 g/mol. The van der Waals surface area contributed by atoms with E-state index in [0.29, 0.717) is 15.9 Å². The van der Waals surface area contributed by atoms with E-state index in [2.05, 4.69) is 34.5 Å². The normalized spacial score (nSPS) is 15.9. The number of hydrogen-bond donors (Lipinski definition) is 0. The Morgan fingerprint density at radius 2 is 2.14 bits per heavy atom. The smallest absolute Gasteiger partial charge is 0.233 e. The number of amides is 1. The van der Waals surface area contributed by atoms with E-state index >= 15 is 0 Å². The summed E-state index contributed by atoms with van der Waals surface area (Å²) in [5.74, 6) is 0.404. The number of halogens is 1. The van der Waals surface area contributed by atoms with E-state index in [4.69, 9.17) is 11.6 Å². The number of aromatic nitrogens is 3. The van der Waals surface area contributed by atoms with Gasteiger partial charge < -0.3 is 4.90 Å². The van der Waals surface area contributed by atoms with Gasteiger partial charge in [0, 0.05) is 12.1 Å². The Hall–Kier alpha value is -2.31. The van der Waals surface area contributed by atoms with Crippen LogP contribution in [0.4, 0.5) is 0 Å². The second-order valence-corrected chi connectivity index (χ2v) is 8.24. The highest BCUT2D eigenvalue weighted by atomic mass is 35.5. The van der Waals surface area contributed by atoms with Gasteiger partial charge >= 0.3 is 0 Å². The molecule has 0 saturated heterocycles. The van der Waals surface area contributed by atoms with Gasteiger partial charge in [0.05, 0.1) is 17.5 Å². The minimum Gasteiger partial charge on any atom is -0.338 e. The fourth-order valence-corrected chi connectivity index (χ4v) is 4.70. The van der Waals surface area contributed by atoms with Crippen molar-refractivity contribution in [2.45, 2.75) is 30.5 Å². The maximum Gasteiger partial charge on any atom is 0.233 e. The second-order valence-electron chi connectivity index (χ2n) is 6.86. The van der Waals surface area contributed by atoms with E-state index in [1.54, 1.807) is 6.33 Å². The van der Waals surface area contributed by atoms with Crippen molar-refractivity contribution in [2.24, 2.45) is 0 Å². The highest BCUT2D eigenvalue weighted by molar-refractivity contribution is 7.99. The number of aryl methyl sites for hydroxylation is 1. The van der Waals surface area contributed by atoms with Crippen molar-refractivity contribution in [2.75, 3.05) is 12.8 Å². The van der Waals surface area contributed by atoms with Gasteiger partial charge in [-0.3, -0.25) is 9.36 Å².